The fourth-order valence-corrected chi connectivity index (χ4v) is 3.47. The minimum atomic E-state index is -0.981. The van der Waals surface area contributed by atoms with E-state index in [-0.39, 0.29) is 0 Å². The molecule has 1 N–H and O–H groups in total. The minimum absolute atomic E-state index is 0.344. The number of hydrogen-bond donors (Lipinski definition) is 1. The number of carbonyl (C=O) groups is 1. The van der Waals surface area contributed by atoms with Crippen LogP contribution in [0.2, 0.25) is 0 Å². The van der Waals surface area contributed by atoms with Crippen LogP contribution in [0.1, 0.15) is 42.8 Å². The van der Waals surface area contributed by atoms with Gasteiger partial charge in [-0.25, -0.2) is 0 Å². The topological polar surface area (TPSA) is 50.4 Å². The van der Waals surface area contributed by atoms with Gasteiger partial charge in [-0.2, -0.15) is 0 Å². The van der Waals surface area contributed by atoms with Crippen molar-refractivity contribution in [1.29, 1.82) is 0 Å². The van der Waals surface area contributed by atoms with E-state index in [0.29, 0.717) is 29.4 Å². The van der Waals surface area contributed by atoms with Gasteiger partial charge in [0.15, 0.2) is 0 Å². The third-order valence-electron chi connectivity index (χ3n) is 3.87. The van der Waals surface area contributed by atoms with Crippen LogP contribution in [0.3, 0.4) is 0 Å². The number of terminal acetylenes is 2. The minimum Gasteiger partial charge on any atom is -0.481 e. The van der Waals surface area contributed by atoms with E-state index in [1.807, 2.05) is 24.3 Å². The highest BCUT2D eigenvalue weighted by Gasteiger charge is 2.32. The van der Waals surface area contributed by atoms with Crippen molar-refractivity contribution in [1.82, 2.24) is 0 Å². The molecule has 4 heteroatoms. The smallest absolute Gasteiger partial charge is 0.312 e. The molecule has 0 fully saturated rings. The molecule has 2 unspecified atom stereocenters. The second kappa shape index (κ2) is 9.22. The lowest BCUT2D eigenvalue weighted by molar-refractivity contribution is -0.139. The molecule has 134 valence electrons. The molecule has 0 bridgehead atoms. The Hall–Kier alpha value is -2.56. The van der Waals surface area contributed by atoms with E-state index in [1.165, 1.54) is 0 Å². The summed E-state index contributed by atoms with van der Waals surface area (Å²) in [5, 5.41) is 9.77. The van der Waals surface area contributed by atoms with Gasteiger partial charge in [0, 0.05) is 10.6 Å². The number of carboxylic acid groups (broad SMARTS) is 1. The van der Waals surface area contributed by atoms with Crippen LogP contribution in [0.25, 0.3) is 0 Å². The summed E-state index contributed by atoms with van der Waals surface area (Å²) >= 11 is 1.75. The first-order valence-corrected chi connectivity index (χ1v) is 9.38. The van der Waals surface area contributed by atoms with E-state index in [2.05, 4.69) is 25.7 Å². The lowest BCUT2D eigenvalue weighted by Crippen LogP contribution is -2.19. The van der Waals surface area contributed by atoms with Crippen molar-refractivity contribution in [3.63, 3.8) is 0 Å². The van der Waals surface area contributed by atoms with Crippen LogP contribution >= 0.6 is 11.8 Å². The van der Waals surface area contributed by atoms with Crippen LogP contribution in [0.4, 0.5) is 0 Å². The second-order valence-electron chi connectivity index (χ2n) is 6.42. The van der Waals surface area contributed by atoms with Crippen molar-refractivity contribution in [2.75, 3.05) is 5.75 Å². The van der Waals surface area contributed by atoms with Crippen molar-refractivity contribution in [3.8, 4) is 24.7 Å². The molecule has 26 heavy (non-hydrogen) atoms. The summed E-state index contributed by atoms with van der Waals surface area (Å²) in [5.74, 6) is 5.17. The van der Waals surface area contributed by atoms with Crippen LogP contribution in [0.15, 0.2) is 45.7 Å². The molecule has 1 aromatic carbocycles. The lowest BCUT2D eigenvalue weighted by Gasteiger charge is -2.18. The molecular formula is C22H22O3S. The normalized spacial score (nSPS) is 13.0. The Morgan fingerprint density at radius 2 is 1.88 bits per heavy atom. The molecule has 0 saturated carbocycles. The standard InChI is InChI=1S/C22H22O3S/c1-5-7-17-10-13-20(25-17)19(6-2)21(22(23)24)16-8-11-18(12-9-16)26-14-15(3)4/h1-2,8-13,15,19,21H,7,14H2,3-4H3,(H,23,24). The predicted molar refractivity (Wildman–Crippen MR) is 105 cm³/mol. The zero-order valence-corrected chi connectivity index (χ0v) is 15.8. The molecule has 2 rings (SSSR count). The highest BCUT2D eigenvalue weighted by molar-refractivity contribution is 7.99. The molecule has 2 atom stereocenters. The van der Waals surface area contributed by atoms with E-state index in [0.717, 1.165) is 10.6 Å². The van der Waals surface area contributed by atoms with Gasteiger partial charge in [-0.15, -0.1) is 24.6 Å². The summed E-state index contributed by atoms with van der Waals surface area (Å²) < 4.78 is 5.67. The van der Waals surface area contributed by atoms with Gasteiger partial charge in [0.25, 0.3) is 0 Å². The van der Waals surface area contributed by atoms with Crippen LogP contribution < -0.4 is 0 Å². The molecule has 0 aliphatic heterocycles. The Labute approximate surface area is 159 Å². The Kier molecular flexibility index (Phi) is 7.01. The molecule has 0 radical (unpaired) electrons. The SMILES string of the molecule is C#CCc1ccc(C(C#C)C(C(=O)O)c2ccc(SCC(C)C)cc2)o1. The van der Waals surface area contributed by atoms with Gasteiger partial charge in [-0.1, -0.05) is 37.8 Å². The summed E-state index contributed by atoms with van der Waals surface area (Å²) in [6, 6.07) is 11.0. The first-order valence-electron chi connectivity index (χ1n) is 8.40. The molecule has 1 heterocycles. The summed E-state index contributed by atoms with van der Waals surface area (Å²) in [6.07, 6.45) is 11.3. The van der Waals surface area contributed by atoms with E-state index < -0.39 is 17.8 Å². The van der Waals surface area contributed by atoms with Crippen LogP contribution in [0, 0.1) is 30.6 Å². The van der Waals surface area contributed by atoms with Crippen LogP contribution in [-0.4, -0.2) is 16.8 Å². The number of furan rings is 1. The Morgan fingerprint density at radius 3 is 2.42 bits per heavy atom. The first-order chi connectivity index (χ1) is 12.5. The van der Waals surface area contributed by atoms with Crippen molar-refractivity contribution in [2.24, 2.45) is 5.92 Å². The lowest BCUT2D eigenvalue weighted by atomic mass is 9.85. The van der Waals surface area contributed by atoms with Gasteiger partial charge in [0.1, 0.15) is 17.4 Å². The van der Waals surface area contributed by atoms with E-state index in [4.69, 9.17) is 17.3 Å². The second-order valence-corrected chi connectivity index (χ2v) is 7.51. The molecule has 0 saturated heterocycles. The average molecular weight is 366 g/mol. The van der Waals surface area contributed by atoms with Crippen molar-refractivity contribution in [2.45, 2.75) is 37.0 Å². The van der Waals surface area contributed by atoms with E-state index in [9.17, 15) is 9.90 Å². The van der Waals surface area contributed by atoms with Gasteiger partial charge in [-0.05, 0) is 35.7 Å². The molecule has 0 amide bonds. The largest absolute Gasteiger partial charge is 0.481 e. The zero-order chi connectivity index (χ0) is 19.1. The van der Waals surface area contributed by atoms with E-state index in [1.54, 1.807) is 23.9 Å². The summed E-state index contributed by atoms with van der Waals surface area (Å²) in [5.41, 5.74) is 0.657. The van der Waals surface area contributed by atoms with Crippen molar-refractivity contribution in [3.05, 3.63) is 53.5 Å². The Balaban J connectivity index is 2.27. The molecule has 1 aromatic heterocycles. The van der Waals surface area contributed by atoms with Crippen LogP contribution in [-0.2, 0) is 11.2 Å². The van der Waals surface area contributed by atoms with Gasteiger partial charge in [0.2, 0.25) is 0 Å². The number of hydrogen-bond acceptors (Lipinski definition) is 3. The molecule has 0 aliphatic carbocycles. The van der Waals surface area contributed by atoms with Crippen molar-refractivity contribution >= 4 is 17.7 Å². The average Bonchev–Trinajstić information content (AvgIpc) is 3.06. The van der Waals surface area contributed by atoms with Gasteiger partial charge < -0.3 is 9.52 Å². The highest BCUT2D eigenvalue weighted by Crippen LogP contribution is 2.35. The maximum Gasteiger partial charge on any atom is 0.312 e. The Bertz CT molecular complexity index is 818. The van der Waals surface area contributed by atoms with Gasteiger partial charge >= 0.3 is 5.97 Å². The molecule has 0 spiro atoms. The number of aliphatic carboxylic acids is 1. The summed E-state index contributed by atoms with van der Waals surface area (Å²) in [7, 11) is 0. The number of benzene rings is 1. The maximum atomic E-state index is 11.9. The quantitative estimate of drug-likeness (QED) is 0.539. The molecule has 3 nitrogen and oxygen atoms in total. The van der Waals surface area contributed by atoms with Gasteiger partial charge in [0.05, 0.1) is 12.3 Å². The van der Waals surface area contributed by atoms with Crippen LogP contribution in [0.5, 0.6) is 0 Å². The number of thioether (sulfide) groups is 1. The summed E-state index contributed by atoms with van der Waals surface area (Å²) in [4.78, 5) is 13.0. The third kappa shape index (κ3) is 4.97. The monoisotopic (exact) mass is 366 g/mol. The van der Waals surface area contributed by atoms with Crippen molar-refractivity contribution < 1.29 is 14.3 Å². The molecular weight excluding hydrogens is 344 g/mol. The Morgan fingerprint density at radius 1 is 1.19 bits per heavy atom. The highest BCUT2D eigenvalue weighted by atomic mass is 32.2. The fourth-order valence-electron chi connectivity index (χ4n) is 2.61. The summed E-state index contributed by atoms with van der Waals surface area (Å²) in [6.45, 7) is 4.33. The number of carboxylic acids is 1. The third-order valence-corrected chi connectivity index (χ3v) is 5.31. The predicted octanol–water partition coefficient (Wildman–Crippen LogP) is 4.79. The van der Waals surface area contributed by atoms with E-state index >= 15 is 0 Å². The maximum absolute atomic E-state index is 11.9. The number of rotatable bonds is 8. The zero-order valence-electron chi connectivity index (χ0n) is 14.9. The fraction of sp³-hybridized carbons (Fsp3) is 0.318. The molecule has 2 aromatic rings. The van der Waals surface area contributed by atoms with Gasteiger partial charge in [-0.3, -0.25) is 4.79 Å². The first kappa shape index (κ1) is 19.8. The molecule has 0 aliphatic rings.